The van der Waals surface area contributed by atoms with E-state index in [0.717, 1.165) is 11.1 Å². The summed E-state index contributed by atoms with van der Waals surface area (Å²) in [4.78, 5) is 69.4. The van der Waals surface area contributed by atoms with Crippen molar-refractivity contribution in [1.29, 1.82) is 0 Å². The molecule has 0 radical (unpaired) electrons. The molecular formula is C34H33Cl2N5O5. The molecule has 4 aromatic rings. The molecule has 5 rings (SSSR count). The van der Waals surface area contributed by atoms with Crippen LogP contribution in [0.1, 0.15) is 40.9 Å². The van der Waals surface area contributed by atoms with E-state index in [4.69, 9.17) is 23.2 Å². The van der Waals surface area contributed by atoms with Gasteiger partial charge in [-0.25, -0.2) is 0 Å². The Morgan fingerprint density at radius 3 is 2.26 bits per heavy atom. The fraction of sp³-hybridized carbons (Fsp3) is 0.265. The van der Waals surface area contributed by atoms with Crippen LogP contribution in [0.25, 0.3) is 10.9 Å². The molecule has 0 saturated carbocycles. The highest BCUT2D eigenvalue weighted by Gasteiger charge is 2.35. The van der Waals surface area contributed by atoms with Crippen molar-refractivity contribution in [1.82, 2.24) is 26.3 Å². The van der Waals surface area contributed by atoms with Gasteiger partial charge < -0.3 is 26.3 Å². The van der Waals surface area contributed by atoms with Crippen LogP contribution in [0.2, 0.25) is 10.0 Å². The molecule has 46 heavy (non-hydrogen) atoms. The first-order chi connectivity index (χ1) is 22.2. The number of piperidine rings is 1. The zero-order valence-electron chi connectivity index (χ0n) is 24.8. The molecule has 0 spiro atoms. The van der Waals surface area contributed by atoms with Crippen LogP contribution >= 0.6 is 23.2 Å². The van der Waals surface area contributed by atoms with E-state index in [1.54, 1.807) is 30.3 Å². The van der Waals surface area contributed by atoms with E-state index >= 15 is 0 Å². The number of ketones is 1. The van der Waals surface area contributed by atoms with Gasteiger partial charge in [-0.05, 0) is 48.6 Å². The van der Waals surface area contributed by atoms with E-state index in [1.165, 1.54) is 0 Å². The Bertz CT molecular complexity index is 1740. The van der Waals surface area contributed by atoms with E-state index < -0.39 is 41.5 Å². The molecule has 0 bridgehead atoms. The number of hydrogen-bond donors (Lipinski definition) is 5. The zero-order chi connectivity index (χ0) is 32.6. The van der Waals surface area contributed by atoms with Crippen molar-refractivity contribution in [2.45, 2.75) is 44.3 Å². The first-order valence-electron chi connectivity index (χ1n) is 14.9. The number of aromatic nitrogens is 1. The molecule has 12 heteroatoms. The molecule has 1 fully saturated rings. The minimum Gasteiger partial charge on any atom is -0.356 e. The van der Waals surface area contributed by atoms with Crippen LogP contribution in [-0.2, 0) is 32.1 Å². The second kappa shape index (κ2) is 15.1. The number of hydrogen-bond acceptors (Lipinski definition) is 5. The van der Waals surface area contributed by atoms with Gasteiger partial charge in [-0.2, -0.15) is 0 Å². The van der Waals surface area contributed by atoms with Crippen molar-refractivity contribution in [3.8, 4) is 0 Å². The van der Waals surface area contributed by atoms with Gasteiger partial charge in [0, 0.05) is 41.4 Å². The molecule has 1 unspecified atom stereocenters. The predicted molar refractivity (Wildman–Crippen MR) is 175 cm³/mol. The Labute approximate surface area is 275 Å². The zero-order valence-corrected chi connectivity index (χ0v) is 26.3. The summed E-state index contributed by atoms with van der Waals surface area (Å²) >= 11 is 12.4. The van der Waals surface area contributed by atoms with Crippen molar-refractivity contribution in [3.05, 3.63) is 106 Å². The van der Waals surface area contributed by atoms with Crippen LogP contribution in [0.3, 0.4) is 0 Å². The fourth-order valence-corrected chi connectivity index (χ4v) is 6.00. The standard InChI is InChI=1S/C34H33Cl2N5O5/c35-23-16-25(36)24-18-29(39-26(24)17-23)33(45)41-28(14-20-8-3-1-4-9-20)32(44)40-27(15-22-12-7-13-37-31(22)43)30(42)34(46)38-19-21-10-5-2-6-11-21/h1-6,8-11,16-18,22,27-28,39H,7,12-15,19H2,(H,37,43)(H,38,46)(H,40,44)(H,41,45)/t22-,27?,28-/m0/s1. The Kier molecular flexibility index (Phi) is 10.7. The second-order valence-electron chi connectivity index (χ2n) is 11.2. The third kappa shape index (κ3) is 8.32. The normalized spacial score (nSPS) is 15.8. The van der Waals surface area contributed by atoms with Gasteiger partial charge in [-0.15, -0.1) is 0 Å². The highest BCUT2D eigenvalue weighted by molar-refractivity contribution is 6.39. The summed E-state index contributed by atoms with van der Waals surface area (Å²) in [7, 11) is 0. The quantitative estimate of drug-likeness (QED) is 0.145. The highest BCUT2D eigenvalue weighted by Crippen LogP contribution is 2.28. The van der Waals surface area contributed by atoms with Gasteiger partial charge in [-0.3, -0.25) is 24.0 Å². The van der Waals surface area contributed by atoms with Crippen molar-refractivity contribution in [2.24, 2.45) is 5.92 Å². The Balaban J connectivity index is 1.37. The maximum absolute atomic E-state index is 13.9. The van der Waals surface area contributed by atoms with Gasteiger partial charge in [0.25, 0.3) is 11.8 Å². The van der Waals surface area contributed by atoms with Crippen molar-refractivity contribution >= 4 is 63.5 Å². The van der Waals surface area contributed by atoms with Crippen LogP contribution in [0.5, 0.6) is 0 Å². The summed E-state index contributed by atoms with van der Waals surface area (Å²) in [5, 5.41) is 12.2. The molecule has 1 aliphatic rings. The summed E-state index contributed by atoms with van der Waals surface area (Å²) in [5.74, 6) is -3.85. The highest BCUT2D eigenvalue weighted by atomic mass is 35.5. The topological polar surface area (TPSA) is 149 Å². The number of halogens is 2. The van der Waals surface area contributed by atoms with Crippen LogP contribution in [-0.4, -0.2) is 53.0 Å². The summed E-state index contributed by atoms with van der Waals surface area (Å²) < 4.78 is 0. The lowest BCUT2D eigenvalue weighted by Gasteiger charge is -2.27. The molecule has 4 amide bonds. The minimum atomic E-state index is -1.30. The van der Waals surface area contributed by atoms with E-state index in [-0.39, 0.29) is 31.0 Å². The lowest BCUT2D eigenvalue weighted by molar-refractivity contribution is -0.141. The molecule has 0 aliphatic carbocycles. The minimum absolute atomic E-state index is 0.0670. The number of carbonyl (C=O) groups excluding carboxylic acids is 5. The maximum atomic E-state index is 13.9. The van der Waals surface area contributed by atoms with Crippen LogP contribution < -0.4 is 21.3 Å². The molecule has 3 aromatic carbocycles. The third-order valence-electron chi connectivity index (χ3n) is 7.87. The fourth-order valence-electron chi connectivity index (χ4n) is 5.45. The van der Waals surface area contributed by atoms with Gasteiger partial charge in [0.15, 0.2) is 0 Å². The lowest BCUT2D eigenvalue weighted by atomic mass is 9.89. The molecular weight excluding hydrogens is 629 g/mol. The number of benzene rings is 3. The number of amides is 4. The van der Waals surface area contributed by atoms with Crippen LogP contribution in [0.4, 0.5) is 0 Å². The van der Waals surface area contributed by atoms with Gasteiger partial charge in [-0.1, -0.05) is 83.9 Å². The number of fused-ring (bicyclic) bond motifs is 1. The summed E-state index contributed by atoms with van der Waals surface area (Å²) in [6.07, 6.45) is 1.24. The molecule has 1 aliphatic heterocycles. The van der Waals surface area contributed by atoms with Gasteiger partial charge in [0.05, 0.1) is 11.1 Å². The Morgan fingerprint density at radius 2 is 1.57 bits per heavy atom. The van der Waals surface area contributed by atoms with E-state index in [9.17, 15) is 24.0 Å². The predicted octanol–water partition coefficient (Wildman–Crippen LogP) is 4.10. The number of nitrogens with one attached hydrogen (secondary N) is 5. The van der Waals surface area contributed by atoms with Crippen molar-refractivity contribution in [2.75, 3.05) is 6.54 Å². The Morgan fingerprint density at radius 1 is 0.870 bits per heavy atom. The number of carbonyl (C=O) groups is 5. The SMILES string of the molecule is O=C(NCc1ccccc1)C(=O)C(C[C@@H]1CCCNC1=O)NC(=O)[C@H](Cc1ccccc1)NC(=O)c1cc2c(Cl)cc(Cl)cc2[nH]1. The number of rotatable bonds is 12. The average Bonchev–Trinajstić information content (AvgIpc) is 3.49. The van der Waals surface area contributed by atoms with Gasteiger partial charge in [0.1, 0.15) is 11.7 Å². The van der Waals surface area contributed by atoms with Gasteiger partial charge >= 0.3 is 0 Å². The van der Waals surface area contributed by atoms with Crippen LogP contribution in [0.15, 0.2) is 78.9 Å². The number of aromatic amines is 1. The molecule has 1 saturated heterocycles. The molecule has 1 aromatic heterocycles. The molecule has 3 atom stereocenters. The molecule has 10 nitrogen and oxygen atoms in total. The van der Waals surface area contributed by atoms with Crippen molar-refractivity contribution < 1.29 is 24.0 Å². The van der Waals surface area contributed by atoms with Gasteiger partial charge in [0.2, 0.25) is 17.6 Å². The van der Waals surface area contributed by atoms with E-state index in [2.05, 4.69) is 26.3 Å². The largest absolute Gasteiger partial charge is 0.356 e. The first-order valence-corrected chi connectivity index (χ1v) is 15.7. The second-order valence-corrected chi connectivity index (χ2v) is 12.1. The Hall–Kier alpha value is -4.67. The van der Waals surface area contributed by atoms with Crippen LogP contribution in [0, 0.1) is 5.92 Å². The number of Topliss-reactive ketones (excluding diaryl/α,β-unsaturated/α-hetero) is 1. The molecule has 238 valence electrons. The smallest absolute Gasteiger partial charge is 0.289 e. The third-order valence-corrected chi connectivity index (χ3v) is 8.40. The van der Waals surface area contributed by atoms with E-state index in [0.29, 0.717) is 40.3 Å². The summed E-state index contributed by atoms with van der Waals surface area (Å²) in [6, 6.07) is 20.5. The molecule has 2 heterocycles. The lowest BCUT2D eigenvalue weighted by Crippen LogP contribution is -2.55. The summed E-state index contributed by atoms with van der Waals surface area (Å²) in [5.41, 5.74) is 2.24. The maximum Gasteiger partial charge on any atom is 0.289 e. The monoisotopic (exact) mass is 661 g/mol. The molecule has 5 N–H and O–H groups in total. The van der Waals surface area contributed by atoms with E-state index in [1.807, 2.05) is 48.5 Å². The first kappa shape index (κ1) is 32.7. The number of H-pyrrole nitrogens is 1. The summed E-state index contributed by atoms with van der Waals surface area (Å²) in [6.45, 7) is 0.636. The average molecular weight is 663 g/mol. The van der Waals surface area contributed by atoms with Crippen molar-refractivity contribution in [3.63, 3.8) is 0 Å².